The lowest BCUT2D eigenvalue weighted by Gasteiger charge is -2.28. The molecule has 0 radical (unpaired) electrons. The van der Waals surface area contributed by atoms with E-state index in [4.69, 9.17) is 0 Å². The number of nitrogens with one attached hydrogen (secondary N) is 1. The SMILES string of the molecule is OC[C@H]1CCC[NH+](Cc2ccc(-c3ccccc3)cc2)C1. The third-order valence-electron chi connectivity index (χ3n) is 4.49. The lowest BCUT2D eigenvalue weighted by atomic mass is 9.98. The first-order valence-electron chi connectivity index (χ1n) is 7.94. The van der Waals surface area contributed by atoms with Crippen LogP contribution in [0.4, 0.5) is 0 Å². The molecule has 0 aliphatic carbocycles. The molecular formula is C19H24NO+. The third-order valence-corrected chi connectivity index (χ3v) is 4.49. The highest BCUT2D eigenvalue weighted by molar-refractivity contribution is 5.63. The molecule has 110 valence electrons. The van der Waals surface area contributed by atoms with Crippen molar-refractivity contribution < 1.29 is 10.0 Å². The second kappa shape index (κ2) is 6.88. The second-order valence-electron chi connectivity index (χ2n) is 6.13. The number of piperidine rings is 1. The predicted octanol–water partition coefficient (Wildman–Crippen LogP) is 2.14. The van der Waals surface area contributed by atoms with Gasteiger partial charge in [0.2, 0.25) is 0 Å². The Balaban J connectivity index is 1.65. The van der Waals surface area contributed by atoms with Gasteiger partial charge in [-0.1, -0.05) is 54.6 Å². The molecule has 2 aromatic carbocycles. The van der Waals surface area contributed by atoms with Crippen molar-refractivity contribution in [3.8, 4) is 11.1 Å². The van der Waals surface area contributed by atoms with Crippen LogP contribution in [0.2, 0.25) is 0 Å². The van der Waals surface area contributed by atoms with Gasteiger partial charge in [-0.15, -0.1) is 0 Å². The van der Waals surface area contributed by atoms with Gasteiger partial charge in [-0.25, -0.2) is 0 Å². The fourth-order valence-corrected chi connectivity index (χ4v) is 3.30. The first-order chi connectivity index (χ1) is 10.3. The van der Waals surface area contributed by atoms with Crippen LogP contribution in [-0.4, -0.2) is 24.8 Å². The number of likely N-dealkylation sites (tertiary alicyclic amines) is 1. The number of hydrogen-bond donors (Lipinski definition) is 2. The van der Waals surface area contributed by atoms with Crippen molar-refractivity contribution in [1.82, 2.24) is 0 Å². The van der Waals surface area contributed by atoms with Crippen LogP contribution in [0.25, 0.3) is 11.1 Å². The molecule has 1 aliphatic heterocycles. The summed E-state index contributed by atoms with van der Waals surface area (Å²) in [5, 5.41) is 9.32. The van der Waals surface area contributed by atoms with Crippen molar-refractivity contribution in [1.29, 1.82) is 0 Å². The minimum Gasteiger partial charge on any atom is -0.396 e. The van der Waals surface area contributed by atoms with E-state index in [0.717, 1.165) is 13.1 Å². The summed E-state index contributed by atoms with van der Waals surface area (Å²) < 4.78 is 0. The van der Waals surface area contributed by atoms with Crippen molar-refractivity contribution in [2.45, 2.75) is 19.4 Å². The Hall–Kier alpha value is -1.64. The van der Waals surface area contributed by atoms with Crippen molar-refractivity contribution in [3.63, 3.8) is 0 Å². The maximum Gasteiger partial charge on any atom is 0.103 e. The first-order valence-corrected chi connectivity index (χ1v) is 7.94. The Morgan fingerprint density at radius 3 is 2.38 bits per heavy atom. The van der Waals surface area contributed by atoms with Gasteiger partial charge < -0.3 is 10.0 Å². The van der Waals surface area contributed by atoms with E-state index in [9.17, 15) is 5.11 Å². The molecule has 1 aliphatic rings. The minimum atomic E-state index is 0.344. The average molecular weight is 282 g/mol. The fourth-order valence-electron chi connectivity index (χ4n) is 3.30. The maximum absolute atomic E-state index is 9.32. The monoisotopic (exact) mass is 282 g/mol. The van der Waals surface area contributed by atoms with E-state index in [-0.39, 0.29) is 0 Å². The molecule has 1 heterocycles. The Morgan fingerprint density at radius 2 is 1.67 bits per heavy atom. The van der Waals surface area contributed by atoms with Crippen LogP contribution < -0.4 is 4.90 Å². The summed E-state index contributed by atoms with van der Waals surface area (Å²) in [6, 6.07) is 19.4. The van der Waals surface area contributed by atoms with E-state index in [1.807, 2.05) is 0 Å². The van der Waals surface area contributed by atoms with Crippen LogP contribution in [0.15, 0.2) is 54.6 Å². The third kappa shape index (κ3) is 3.72. The lowest BCUT2D eigenvalue weighted by Crippen LogP contribution is -3.12. The van der Waals surface area contributed by atoms with E-state index in [1.54, 1.807) is 4.90 Å². The molecule has 1 saturated heterocycles. The van der Waals surface area contributed by atoms with Gasteiger partial charge in [0, 0.05) is 11.5 Å². The number of quaternary nitrogens is 1. The summed E-state index contributed by atoms with van der Waals surface area (Å²) in [4.78, 5) is 1.60. The predicted molar refractivity (Wildman–Crippen MR) is 86.1 cm³/mol. The highest BCUT2D eigenvalue weighted by Gasteiger charge is 2.22. The zero-order valence-electron chi connectivity index (χ0n) is 12.5. The molecule has 2 nitrogen and oxygen atoms in total. The van der Waals surface area contributed by atoms with Crippen LogP contribution in [-0.2, 0) is 6.54 Å². The van der Waals surface area contributed by atoms with E-state index >= 15 is 0 Å². The van der Waals surface area contributed by atoms with Crippen LogP contribution >= 0.6 is 0 Å². The van der Waals surface area contributed by atoms with Gasteiger partial charge >= 0.3 is 0 Å². The molecule has 2 N–H and O–H groups in total. The standard InChI is InChI=1S/C19H23NO/c21-15-17-5-4-12-20(14-17)13-16-8-10-19(11-9-16)18-6-2-1-3-7-18/h1-3,6-11,17,21H,4-5,12-15H2/p+1/t17-/m0/s1. The van der Waals surface area contributed by atoms with Gasteiger partial charge in [0.25, 0.3) is 0 Å². The molecule has 1 unspecified atom stereocenters. The molecule has 0 amide bonds. The number of aliphatic hydroxyl groups is 1. The molecule has 0 saturated carbocycles. The molecule has 1 fully saturated rings. The van der Waals surface area contributed by atoms with Crippen molar-refractivity contribution in [2.75, 3.05) is 19.7 Å². The maximum atomic E-state index is 9.32. The van der Waals surface area contributed by atoms with Crippen LogP contribution in [0.5, 0.6) is 0 Å². The number of aliphatic hydroxyl groups excluding tert-OH is 1. The topological polar surface area (TPSA) is 24.7 Å². The summed E-state index contributed by atoms with van der Waals surface area (Å²) >= 11 is 0. The summed E-state index contributed by atoms with van der Waals surface area (Å²) in [5.41, 5.74) is 3.94. The van der Waals surface area contributed by atoms with E-state index in [2.05, 4.69) is 54.6 Å². The Morgan fingerprint density at radius 1 is 0.952 bits per heavy atom. The molecule has 21 heavy (non-hydrogen) atoms. The van der Waals surface area contributed by atoms with Crippen LogP contribution in [0.3, 0.4) is 0 Å². The van der Waals surface area contributed by atoms with Gasteiger partial charge in [-0.05, 0) is 24.0 Å². The normalized spacial score (nSPS) is 22.1. The lowest BCUT2D eigenvalue weighted by molar-refractivity contribution is -0.922. The molecule has 2 aromatic rings. The van der Waals surface area contributed by atoms with Gasteiger partial charge in [0.05, 0.1) is 19.7 Å². The molecule has 0 bridgehead atoms. The summed E-state index contributed by atoms with van der Waals surface area (Å²) in [6.45, 7) is 3.76. The molecule has 0 spiro atoms. The smallest absolute Gasteiger partial charge is 0.103 e. The Bertz CT molecular complexity index is 550. The van der Waals surface area contributed by atoms with Gasteiger partial charge in [0.15, 0.2) is 0 Å². The van der Waals surface area contributed by atoms with Gasteiger partial charge in [0.1, 0.15) is 6.54 Å². The number of hydrogen-bond acceptors (Lipinski definition) is 1. The second-order valence-corrected chi connectivity index (χ2v) is 6.13. The van der Waals surface area contributed by atoms with Gasteiger partial charge in [-0.3, -0.25) is 0 Å². The molecule has 2 atom stereocenters. The van der Waals surface area contributed by atoms with Crippen LogP contribution in [0.1, 0.15) is 18.4 Å². The van der Waals surface area contributed by atoms with Crippen molar-refractivity contribution in [2.24, 2.45) is 5.92 Å². The summed E-state index contributed by atoms with van der Waals surface area (Å²) in [5.74, 6) is 0.498. The first kappa shape index (κ1) is 14.3. The van der Waals surface area contributed by atoms with Crippen molar-refractivity contribution in [3.05, 3.63) is 60.2 Å². The summed E-state index contributed by atoms with van der Waals surface area (Å²) in [6.07, 6.45) is 2.43. The van der Waals surface area contributed by atoms with Crippen LogP contribution in [0, 0.1) is 5.92 Å². The Labute approximate surface area is 127 Å². The molecule has 0 aromatic heterocycles. The largest absolute Gasteiger partial charge is 0.396 e. The van der Waals surface area contributed by atoms with E-state index < -0.39 is 0 Å². The zero-order valence-corrected chi connectivity index (χ0v) is 12.5. The highest BCUT2D eigenvalue weighted by Crippen LogP contribution is 2.19. The fraction of sp³-hybridized carbons (Fsp3) is 0.368. The zero-order chi connectivity index (χ0) is 14.5. The number of benzene rings is 2. The quantitative estimate of drug-likeness (QED) is 0.882. The van der Waals surface area contributed by atoms with E-state index in [1.165, 1.54) is 36.1 Å². The van der Waals surface area contributed by atoms with E-state index in [0.29, 0.717) is 12.5 Å². The minimum absolute atomic E-state index is 0.344. The Kier molecular flexibility index (Phi) is 4.69. The molecule has 3 rings (SSSR count). The summed E-state index contributed by atoms with van der Waals surface area (Å²) in [7, 11) is 0. The number of rotatable bonds is 4. The van der Waals surface area contributed by atoms with Gasteiger partial charge in [-0.2, -0.15) is 0 Å². The van der Waals surface area contributed by atoms with Crippen molar-refractivity contribution >= 4 is 0 Å². The molecular weight excluding hydrogens is 258 g/mol. The molecule has 2 heteroatoms. The highest BCUT2D eigenvalue weighted by atomic mass is 16.3. The average Bonchev–Trinajstić information content (AvgIpc) is 2.56.